The van der Waals surface area contributed by atoms with Gasteiger partial charge in [0.15, 0.2) is 0 Å². The van der Waals surface area contributed by atoms with E-state index in [1.165, 1.54) is 0 Å². The molecular formula is C14H9Br2ClN4. The number of halogens is 3. The van der Waals surface area contributed by atoms with Crippen LogP contribution in [0.2, 0.25) is 5.02 Å². The Kier molecular flexibility index (Phi) is 4.28. The molecule has 2 N–H and O–H groups in total. The van der Waals surface area contributed by atoms with E-state index < -0.39 is 0 Å². The van der Waals surface area contributed by atoms with E-state index in [1.807, 2.05) is 30.6 Å². The number of hydrogen-bond donors (Lipinski definition) is 2. The first-order valence-electron chi connectivity index (χ1n) is 6.01. The highest BCUT2D eigenvalue weighted by Crippen LogP contribution is 2.24. The van der Waals surface area contributed by atoms with Crippen LogP contribution >= 0.6 is 43.5 Å². The van der Waals surface area contributed by atoms with E-state index in [0.717, 1.165) is 31.0 Å². The molecule has 0 amide bonds. The number of nitrogens with zero attached hydrogens (tertiary/aromatic N) is 2. The van der Waals surface area contributed by atoms with E-state index in [-0.39, 0.29) is 0 Å². The van der Waals surface area contributed by atoms with Gasteiger partial charge in [-0.3, -0.25) is 0 Å². The smallest absolute Gasteiger partial charge is 0.138 e. The second-order valence-electron chi connectivity index (χ2n) is 4.22. The Morgan fingerprint density at radius 2 is 1.62 bits per heavy atom. The van der Waals surface area contributed by atoms with Crippen molar-refractivity contribution in [1.82, 2.24) is 19.9 Å². The third-order valence-corrected chi connectivity index (χ3v) is 4.37. The van der Waals surface area contributed by atoms with Gasteiger partial charge >= 0.3 is 0 Å². The van der Waals surface area contributed by atoms with Crippen LogP contribution < -0.4 is 0 Å². The highest BCUT2D eigenvalue weighted by atomic mass is 79.9. The zero-order valence-electron chi connectivity index (χ0n) is 10.6. The SMILES string of the molecule is Brc1c[nH]c2ncccc12.Clc1cnc2[nH]cc(Br)c2c1. The van der Waals surface area contributed by atoms with Crippen molar-refractivity contribution in [2.24, 2.45) is 0 Å². The minimum Gasteiger partial charge on any atom is -0.345 e. The molecule has 4 rings (SSSR count). The number of H-pyrrole nitrogens is 2. The van der Waals surface area contributed by atoms with Crippen LogP contribution in [0.4, 0.5) is 0 Å². The molecule has 0 aromatic carbocycles. The second-order valence-corrected chi connectivity index (χ2v) is 6.37. The molecule has 0 radical (unpaired) electrons. The quantitative estimate of drug-likeness (QED) is 0.399. The molecule has 4 aromatic rings. The summed E-state index contributed by atoms with van der Waals surface area (Å²) < 4.78 is 2.05. The molecule has 0 aliphatic carbocycles. The summed E-state index contributed by atoms with van der Waals surface area (Å²) in [5.41, 5.74) is 1.77. The summed E-state index contributed by atoms with van der Waals surface area (Å²) in [4.78, 5) is 14.2. The van der Waals surface area contributed by atoms with Gasteiger partial charge in [0.25, 0.3) is 0 Å². The van der Waals surface area contributed by atoms with Crippen LogP contribution in [0.5, 0.6) is 0 Å². The van der Waals surface area contributed by atoms with Gasteiger partial charge in [-0.1, -0.05) is 11.6 Å². The summed E-state index contributed by atoms with van der Waals surface area (Å²) in [6.45, 7) is 0. The minimum atomic E-state index is 0.651. The number of hydrogen-bond acceptors (Lipinski definition) is 2. The summed E-state index contributed by atoms with van der Waals surface area (Å²) in [6.07, 6.45) is 7.11. The van der Waals surface area contributed by atoms with Crippen LogP contribution in [-0.4, -0.2) is 19.9 Å². The lowest BCUT2D eigenvalue weighted by Crippen LogP contribution is -1.74. The van der Waals surface area contributed by atoms with Crippen molar-refractivity contribution < 1.29 is 0 Å². The first-order valence-corrected chi connectivity index (χ1v) is 7.97. The maximum absolute atomic E-state index is 5.75. The summed E-state index contributed by atoms with van der Waals surface area (Å²) in [7, 11) is 0. The molecule has 0 aliphatic heterocycles. The first kappa shape index (κ1) is 14.6. The van der Waals surface area contributed by atoms with Crippen LogP contribution in [0.3, 0.4) is 0 Å². The normalized spacial score (nSPS) is 10.6. The third-order valence-electron chi connectivity index (χ3n) is 2.85. The van der Waals surface area contributed by atoms with Gasteiger partial charge in [0, 0.05) is 44.5 Å². The molecule has 0 saturated heterocycles. The van der Waals surface area contributed by atoms with E-state index in [9.17, 15) is 0 Å². The summed E-state index contributed by atoms with van der Waals surface area (Å²) in [5, 5.41) is 2.79. The van der Waals surface area contributed by atoms with Crippen LogP contribution in [0, 0.1) is 0 Å². The predicted molar refractivity (Wildman–Crippen MR) is 92.6 cm³/mol. The van der Waals surface area contributed by atoms with Crippen molar-refractivity contribution in [3.05, 3.63) is 57.0 Å². The van der Waals surface area contributed by atoms with Crippen LogP contribution in [-0.2, 0) is 0 Å². The Labute approximate surface area is 142 Å². The number of aromatic amines is 2. The number of nitrogens with one attached hydrogen (secondary N) is 2. The molecule has 7 heteroatoms. The minimum absolute atomic E-state index is 0.651. The van der Waals surface area contributed by atoms with Gasteiger partial charge in [-0.15, -0.1) is 0 Å². The van der Waals surface area contributed by atoms with Crippen molar-refractivity contribution >= 4 is 65.5 Å². The molecule has 0 saturated carbocycles. The molecule has 4 nitrogen and oxygen atoms in total. The fourth-order valence-electron chi connectivity index (χ4n) is 1.87. The van der Waals surface area contributed by atoms with Gasteiger partial charge in [-0.2, -0.15) is 0 Å². The molecule has 0 bridgehead atoms. The number of rotatable bonds is 0. The molecule has 0 spiro atoms. The standard InChI is InChI=1S/C7H4BrClN2.C7H5BrN2/c8-6-3-11-7-5(6)1-4(9)2-10-7;8-6-4-10-7-5(6)2-1-3-9-7/h1-3H,(H,10,11);1-4H,(H,9,10). The van der Waals surface area contributed by atoms with E-state index in [2.05, 4.69) is 51.8 Å². The Bertz CT molecular complexity index is 900. The van der Waals surface area contributed by atoms with Crippen molar-refractivity contribution in [3.63, 3.8) is 0 Å². The summed E-state index contributed by atoms with van der Waals surface area (Å²) in [6, 6.07) is 5.80. The fourth-order valence-corrected chi connectivity index (χ4v) is 2.88. The van der Waals surface area contributed by atoms with Crippen LogP contribution in [0.15, 0.2) is 51.9 Å². The summed E-state index contributed by atoms with van der Waals surface area (Å²) in [5.74, 6) is 0. The lowest BCUT2D eigenvalue weighted by atomic mass is 10.3. The van der Waals surface area contributed by atoms with E-state index in [1.54, 1.807) is 12.4 Å². The Morgan fingerprint density at radius 3 is 2.33 bits per heavy atom. The first-order chi connectivity index (χ1) is 10.1. The van der Waals surface area contributed by atoms with Crippen LogP contribution in [0.1, 0.15) is 0 Å². The fraction of sp³-hybridized carbons (Fsp3) is 0. The predicted octanol–water partition coefficient (Wildman–Crippen LogP) is 5.30. The van der Waals surface area contributed by atoms with Gasteiger partial charge in [0.2, 0.25) is 0 Å². The molecule has 0 atom stereocenters. The van der Waals surface area contributed by atoms with Gasteiger partial charge in [-0.25, -0.2) is 9.97 Å². The number of aromatic nitrogens is 4. The monoisotopic (exact) mass is 426 g/mol. The molecule has 106 valence electrons. The average molecular weight is 429 g/mol. The van der Waals surface area contributed by atoms with Crippen molar-refractivity contribution in [2.45, 2.75) is 0 Å². The lowest BCUT2D eigenvalue weighted by molar-refractivity contribution is 1.32. The van der Waals surface area contributed by atoms with Crippen LogP contribution in [0.25, 0.3) is 22.1 Å². The van der Waals surface area contributed by atoms with Crippen molar-refractivity contribution in [3.8, 4) is 0 Å². The number of fused-ring (bicyclic) bond motifs is 2. The van der Waals surface area contributed by atoms with Crippen molar-refractivity contribution in [2.75, 3.05) is 0 Å². The molecule has 0 aliphatic rings. The average Bonchev–Trinajstić information content (AvgIpc) is 3.05. The Balaban J connectivity index is 0.000000126. The molecule has 4 heterocycles. The maximum Gasteiger partial charge on any atom is 0.138 e. The highest BCUT2D eigenvalue weighted by molar-refractivity contribution is 9.11. The second kappa shape index (κ2) is 6.17. The Morgan fingerprint density at radius 1 is 0.952 bits per heavy atom. The van der Waals surface area contributed by atoms with Gasteiger partial charge in [-0.05, 0) is 50.1 Å². The largest absolute Gasteiger partial charge is 0.345 e. The van der Waals surface area contributed by atoms with Gasteiger partial charge in [0.05, 0.1) is 5.02 Å². The van der Waals surface area contributed by atoms with Gasteiger partial charge < -0.3 is 9.97 Å². The van der Waals surface area contributed by atoms with Gasteiger partial charge in [0.1, 0.15) is 11.3 Å². The summed E-state index contributed by atoms with van der Waals surface area (Å²) >= 11 is 12.5. The topological polar surface area (TPSA) is 57.4 Å². The zero-order valence-corrected chi connectivity index (χ0v) is 14.5. The van der Waals surface area contributed by atoms with Crippen molar-refractivity contribution in [1.29, 1.82) is 0 Å². The van der Waals surface area contributed by atoms with E-state index in [4.69, 9.17) is 11.6 Å². The maximum atomic E-state index is 5.75. The molecular weight excluding hydrogens is 419 g/mol. The lowest BCUT2D eigenvalue weighted by Gasteiger charge is -1.89. The van der Waals surface area contributed by atoms with E-state index in [0.29, 0.717) is 5.02 Å². The third kappa shape index (κ3) is 3.12. The molecule has 0 fully saturated rings. The zero-order chi connectivity index (χ0) is 14.8. The molecule has 0 unspecified atom stereocenters. The molecule has 4 aromatic heterocycles. The Hall–Kier alpha value is -1.37. The highest BCUT2D eigenvalue weighted by Gasteiger charge is 2.01. The molecule has 21 heavy (non-hydrogen) atoms. The van der Waals surface area contributed by atoms with E-state index >= 15 is 0 Å². The number of pyridine rings is 2.